The number of anilines is 1. The van der Waals surface area contributed by atoms with Crippen molar-refractivity contribution in [3.63, 3.8) is 0 Å². The number of aryl methyl sites for hydroxylation is 1. The average molecular weight is 434 g/mol. The summed E-state index contributed by atoms with van der Waals surface area (Å²) in [5, 5.41) is 3.03. The summed E-state index contributed by atoms with van der Waals surface area (Å²) in [7, 11) is 0. The minimum Gasteiger partial charge on any atom is -0.454 e. The summed E-state index contributed by atoms with van der Waals surface area (Å²) in [6, 6.07) is 13.4. The molecule has 1 amide bonds. The predicted molar refractivity (Wildman–Crippen MR) is 121 cm³/mol. The number of para-hydroxylation sites is 2. The quantitative estimate of drug-likeness (QED) is 0.665. The number of nitrogens with one attached hydrogen (secondary N) is 1. The number of ether oxygens (including phenoxy) is 2. The van der Waals surface area contributed by atoms with E-state index in [4.69, 9.17) is 9.47 Å². The Labute approximate surface area is 185 Å². The smallest absolute Gasteiger partial charge is 0.293 e. The highest BCUT2D eigenvalue weighted by molar-refractivity contribution is 5.79. The zero-order chi connectivity index (χ0) is 22.1. The third-order valence-electron chi connectivity index (χ3n) is 6.22. The maximum absolute atomic E-state index is 13.0. The summed E-state index contributed by atoms with van der Waals surface area (Å²) in [6.07, 6.45) is 1.38. The van der Waals surface area contributed by atoms with Crippen molar-refractivity contribution >= 4 is 22.8 Å². The number of aromatic nitrogens is 2. The topological polar surface area (TPSA) is 85.7 Å². The molecule has 166 valence electrons. The van der Waals surface area contributed by atoms with Crippen molar-refractivity contribution in [3.05, 3.63) is 58.4 Å². The number of hydrogen-bond acceptors (Lipinski definition) is 6. The lowest BCUT2D eigenvalue weighted by Crippen LogP contribution is -2.43. The minimum absolute atomic E-state index is 0.0414. The van der Waals surface area contributed by atoms with Gasteiger partial charge in [0.25, 0.3) is 5.56 Å². The summed E-state index contributed by atoms with van der Waals surface area (Å²) < 4.78 is 12.5. The SMILES string of the molecule is CCn1c(=O)c(N2CCC(C(=O)NCc3ccc4c(c3)OCO4)CC2)nc2ccccc21. The Kier molecular flexibility index (Phi) is 5.43. The van der Waals surface area contributed by atoms with Crippen molar-refractivity contribution in [3.8, 4) is 11.5 Å². The van der Waals surface area contributed by atoms with Gasteiger partial charge in [-0.25, -0.2) is 4.98 Å². The monoisotopic (exact) mass is 434 g/mol. The van der Waals surface area contributed by atoms with Crippen molar-refractivity contribution in [1.29, 1.82) is 0 Å². The Bertz CT molecular complexity index is 1210. The molecule has 2 aromatic carbocycles. The number of piperidine rings is 1. The molecule has 3 heterocycles. The lowest BCUT2D eigenvalue weighted by molar-refractivity contribution is -0.125. The van der Waals surface area contributed by atoms with Crippen LogP contribution in [0.5, 0.6) is 11.5 Å². The van der Waals surface area contributed by atoms with Crippen LogP contribution in [0.2, 0.25) is 0 Å². The Balaban J connectivity index is 1.23. The second-order valence-corrected chi connectivity index (χ2v) is 8.14. The summed E-state index contributed by atoms with van der Waals surface area (Å²) in [5.74, 6) is 1.89. The van der Waals surface area contributed by atoms with E-state index in [1.807, 2.05) is 54.3 Å². The maximum Gasteiger partial charge on any atom is 0.293 e. The highest BCUT2D eigenvalue weighted by Gasteiger charge is 2.27. The van der Waals surface area contributed by atoms with Crippen LogP contribution in [0.1, 0.15) is 25.3 Å². The van der Waals surface area contributed by atoms with Crippen LogP contribution in [0.15, 0.2) is 47.3 Å². The van der Waals surface area contributed by atoms with E-state index in [9.17, 15) is 9.59 Å². The second-order valence-electron chi connectivity index (χ2n) is 8.14. The highest BCUT2D eigenvalue weighted by atomic mass is 16.7. The molecule has 0 radical (unpaired) electrons. The van der Waals surface area contributed by atoms with Crippen LogP contribution in [0.25, 0.3) is 11.0 Å². The van der Waals surface area contributed by atoms with Crippen molar-refractivity contribution in [2.24, 2.45) is 5.92 Å². The summed E-state index contributed by atoms with van der Waals surface area (Å²) in [6.45, 7) is 4.50. The number of carbonyl (C=O) groups excluding carboxylic acids is 1. The van der Waals surface area contributed by atoms with Crippen LogP contribution >= 0.6 is 0 Å². The van der Waals surface area contributed by atoms with Crippen molar-refractivity contribution in [2.75, 3.05) is 24.8 Å². The van der Waals surface area contributed by atoms with Crippen molar-refractivity contribution in [2.45, 2.75) is 32.9 Å². The Morgan fingerprint density at radius 2 is 1.91 bits per heavy atom. The molecule has 8 heteroatoms. The fourth-order valence-corrected chi connectivity index (χ4v) is 4.44. The molecule has 0 atom stereocenters. The van der Waals surface area contributed by atoms with E-state index in [1.54, 1.807) is 4.57 Å². The largest absolute Gasteiger partial charge is 0.454 e. The first-order chi connectivity index (χ1) is 15.6. The number of amides is 1. The Hall–Kier alpha value is -3.55. The fourth-order valence-electron chi connectivity index (χ4n) is 4.44. The fraction of sp³-hybridized carbons (Fsp3) is 0.375. The van der Waals surface area contributed by atoms with Gasteiger partial charge in [0, 0.05) is 32.1 Å². The Morgan fingerprint density at radius 3 is 2.72 bits per heavy atom. The van der Waals surface area contributed by atoms with Gasteiger partial charge in [0.05, 0.1) is 11.0 Å². The van der Waals surface area contributed by atoms with Gasteiger partial charge < -0.3 is 24.3 Å². The molecule has 5 rings (SSSR count). The van der Waals surface area contributed by atoms with E-state index < -0.39 is 0 Å². The van der Waals surface area contributed by atoms with Gasteiger partial charge in [-0.3, -0.25) is 9.59 Å². The summed E-state index contributed by atoms with van der Waals surface area (Å²) in [5.41, 5.74) is 2.56. The molecule has 2 aliphatic rings. The van der Waals surface area contributed by atoms with Crippen LogP contribution in [0.4, 0.5) is 5.82 Å². The van der Waals surface area contributed by atoms with Crippen molar-refractivity contribution < 1.29 is 14.3 Å². The number of fused-ring (bicyclic) bond motifs is 2. The van der Waals surface area contributed by atoms with Crippen LogP contribution in [-0.4, -0.2) is 35.3 Å². The van der Waals surface area contributed by atoms with Gasteiger partial charge in [-0.05, 0) is 49.6 Å². The minimum atomic E-state index is -0.0749. The first-order valence-electron chi connectivity index (χ1n) is 11.0. The molecule has 1 saturated heterocycles. The van der Waals surface area contributed by atoms with E-state index in [2.05, 4.69) is 10.3 Å². The van der Waals surface area contributed by atoms with Gasteiger partial charge in [0.15, 0.2) is 17.3 Å². The second kappa shape index (κ2) is 8.53. The molecule has 32 heavy (non-hydrogen) atoms. The van der Waals surface area contributed by atoms with Gasteiger partial charge in [-0.2, -0.15) is 0 Å². The third kappa shape index (κ3) is 3.77. The molecule has 1 aromatic heterocycles. The van der Waals surface area contributed by atoms with E-state index in [0.29, 0.717) is 50.6 Å². The zero-order valence-corrected chi connectivity index (χ0v) is 18.0. The molecule has 0 unspecified atom stereocenters. The number of rotatable bonds is 5. The molecule has 8 nitrogen and oxygen atoms in total. The molecule has 0 aliphatic carbocycles. The summed E-state index contributed by atoms with van der Waals surface area (Å²) >= 11 is 0. The van der Waals surface area contributed by atoms with Crippen LogP contribution in [0.3, 0.4) is 0 Å². The van der Waals surface area contributed by atoms with E-state index in [0.717, 1.165) is 22.3 Å². The van der Waals surface area contributed by atoms with Gasteiger partial charge in [0.2, 0.25) is 12.7 Å². The molecule has 0 bridgehead atoms. The lowest BCUT2D eigenvalue weighted by atomic mass is 9.96. The standard InChI is InChI=1S/C24H26N4O4/c1-2-28-19-6-4-3-5-18(19)26-22(24(28)30)27-11-9-17(10-12-27)23(29)25-14-16-7-8-20-21(13-16)32-15-31-20/h3-8,13,17H,2,9-12,14-15H2,1H3,(H,25,29). The van der Waals surface area contributed by atoms with E-state index in [1.165, 1.54) is 0 Å². The highest BCUT2D eigenvalue weighted by Crippen LogP contribution is 2.32. The molecule has 1 fully saturated rings. The Morgan fingerprint density at radius 1 is 1.12 bits per heavy atom. The van der Waals surface area contributed by atoms with E-state index in [-0.39, 0.29) is 24.2 Å². The first kappa shape index (κ1) is 20.4. The average Bonchev–Trinajstić information content (AvgIpc) is 3.30. The number of benzene rings is 2. The van der Waals surface area contributed by atoms with Gasteiger partial charge in [0.1, 0.15) is 0 Å². The molecule has 2 aliphatic heterocycles. The maximum atomic E-state index is 13.0. The number of hydrogen-bond donors (Lipinski definition) is 1. The zero-order valence-electron chi connectivity index (χ0n) is 18.0. The molecule has 3 aromatic rings. The van der Waals surface area contributed by atoms with Gasteiger partial charge in [-0.15, -0.1) is 0 Å². The van der Waals surface area contributed by atoms with Crippen LogP contribution in [0, 0.1) is 5.92 Å². The van der Waals surface area contributed by atoms with Crippen molar-refractivity contribution in [1.82, 2.24) is 14.9 Å². The van der Waals surface area contributed by atoms with Crippen LogP contribution < -0.4 is 25.2 Å². The molecular weight excluding hydrogens is 408 g/mol. The summed E-state index contributed by atoms with van der Waals surface area (Å²) in [4.78, 5) is 32.4. The normalized spacial score (nSPS) is 15.8. The van der Waals surface area contributed by atoms with Crippen LogP contribution in [-0.2, 0) is 17.9 Å². The first-order valence-corrected chi connectivity index (χ1v) is 11.0. The van der Waals surface area contributed by atoms with Gasteiger partial charge >= 0.3 is 0 Å². The number of carbonyl (C=O) groups is 1. The molecule has 1 N–H and O–H groups in total. The molecule has 0 spiro atoms. The van der Waals surface area contributed by atoms with E-state index >= 15 is 0 Å². The molecule has 0 saturated carbocycles. The van der Waals surface area contributed by atoms with Gasteiger partial charge in [-0.1, -0.05) is 18.2 Å². The lowest BCUT2D eigenvalue weighted by Gasteiger charge is -2.32. The number of nitrogens with zero attached hydrogens (tertiary/aromatic N) is 3. The molecular formula is C24H26N4O4. The third-order valence-corrected chi connectivity index (χ3v) is 6.22. The predicted octanol–water partition coefficient (Wildman–Crippen LogP) is 2.68.